The Labute approximate surface area is 502 Å². The maximum atomic E-state index is 14.8. The van der Waals surface area contributed by atoms with Crippen LogP contribution >= 0.6 is 11.6 Å². The molecule has 2 heterocycles. The highest BCUT2D eigenvalue weighted by Gasteiger charge is 2.39. The van der Waals surface area contributed by atoms with E-state index in [0.29, 0.717) is 33.7 Å². The lowest BCUT2D eigenvalue weighted by Gasteiger charge is -2.30. The number of aromatic amines is 1. The maximum Gasteiger partial charge on any atom is 0.245 e. The predicted molar refractivity (Wildman–Crippen MR) is 322 cm³/mol. The number of amides is 9. The van der Waals surface area contributed by atoms with Crippen molar-refractivity contribution in [2.24, 2.45) is 33.8 Å². The third kappa shape index (κ3) is 20.0. The van der Waals surface area contributed by atoms with Gasteiger partial charge in [0.05, 0.1) is 19.2 Å². The summed E-state index contributed by atoms with van der Waals surface area (Å²) in [4.78, 5) is 134. The Morgan fingerprint density at radius 3 is 1.79 bits per heavy atom. The number of H-pyrrole nitrogens is 1. The number of aromatic hydroxyl groups is 1. The first-order chi connectivity index (χ1) is 41.1. The van der Waals surface area contributed by atoms with Crippen LogP contribution in [0.2, 0.25) is 5.02 Å². The SMILES string of the molecule is CC(C)C[C@H](NC(=O)[C@@H](Cc1ccccc1)NC(=O)[C@H](Cc1ccc(O)cc1)NC(=O)[C@H](CO)NC(=O)[C@@H](Cc1c[nH]c2ccccc12)NC(=O)[C@@H](N)Cc1ccc(Cl)cc1)C(=O)N[C@@H](CCCN=C(N)N)C(=O)N1CCC[C@H]1C(=O)NCC(N)=O. The number of phenolic OH excluding ortho intramolecular Hbond substituents is 1. The molecule has 0 radical (unpaired) electrons. The molecule has 4 aromatic carbocycles. The molecule has 0 saturated carbocycles. The van der Waals surface area contributed by atoms with Crippen LogP contribution in [0.15, 0.2) is 114 Å². The number of aromatic nitrogens is 1. The predicted octanol–water partition coefficient (Wildman–Crippen LogP) is -0.282. The molecule has 1 aliphatic heterocycles. The van der Waals surface area contributed by atoms with Crippen LogP contribution in [0.1, 0.15) is 68.2 Å². The number of hydrogen-bond donors (Lipinski definition) is 14. The highest BCUT2D eigenvalue weighted by Crippen LogP contribution is 2.22. The molecule has 1 aliphatic rings. The number of nitrogens with two attached hydrogens (primary N) is 4. The second kappa shape index (κ2) is 32.3. The van der Waals surface area contributed by atoms with E-state index in [1.807, 2.05) is 38.1 Å². The molecular weight excluding hydrogens is 1130 g/mol. The Morgan fingerprint density at radius 1 is 0.651 bits per heavy atom. The van der Waals surface area contributed by atoms with E-state index in [1.165, 1.54) is 29.2 Å². The topological polar surface area (TPSA) is 414 Å². The monoisotopic (exact) mass is 1200 g/mol. The second-order valence-electron chi connectivity index (χ2n) is 21.6. The molecule has 1 aromatic heterocycles. The van der Waals surface area contributed by atoms with Gasteiger partial charge in [0.25, 0.3) is 0 Å². The molecule has 8 atom stereocenters. The molecule has 26 heteroatoms. The van der Waals surface area contributed by atoms with Gasteiger partial charge < -0.3 is 80.2 Å². The molecule has 6 rings (SSSR count). The molecule has 0 spiro atoms. The number of benzene rings is 4. The number of nitrogens with zero attached hydrogens (tertiary/aromatic N) is 2. The highest BCUT2D eigenvalue weighted by atomic mass is 35.5. The molecule has 460 valence electrons. The number of nitrogens with one attached hydrogen (secondary N) is 8. The van der Waals surface area contributed by atoms with Gasteiger partial charge in [0, 0.05) is 54.5 Å². The minimum atomic E-state index is -1.71. The Bertz CT molecular complexity index is 3180. The van der Waals surface area contributed by atoms with Crippen LogP contribution in [0.4, 0.5) is 0 Å². The zero-order chi connectivity index (χ0) is 62.5. The third-order valence-corrected chi connectivity index (χ3v) is 14.6. The largest absolute Gasteiger partial charge is 0.508 e. The van der Waals surface area contributed by atoms with E-state index in [1.54, 1.807) is 60.8 Å². The van der Waals surface area contributed by atoms with E-state index in [-0.39, 0.29) is 82.1 Å². The average molecular weight is 1210 g/mol. The number of guanidine groups is 1. The van der Waals surface area contributed by atoms with Gasteiger partial charge in [0.2, 0.25) is 53.2 Å². The summed E-state index contributed by atoms with van der Waals surface area (Å²) in [6.07, 6.45) is 2.34. The van der Waals surface area contributed by atoms with E-state index < -0.39 is 115 Å². The fraction of sp³-hybridized carbons (Fsp3) is 0.400. The minimum absolute atomic E-state index is 0.0141. The summed E-state index contributed by atoms with van der Waals surface area (Å²) >= 11 is 6.06. The highest BCUT2D eigenvalue weighted by molar-refractivity contribution is 6.30. The summed E-state index contributed by atoms with van der Waals surface area (Å²) in [5, 5.41) is 40.7. The lowest BCUT2D eigenvalue weighted by molar-refractivity contribution is -0.142. The van der Waals surface area contributed by atoms with E-state index in [4.69, 9.17) is 34.5 Å². The van der Waals surface area contributed by atoms with Crippen molar-refractivity contribution in [2.45, 2.75) is 120 Å². The molecule has 9 amide bonds. The number of aliphatic hydroxyl groups is 1. The quantitative estimate of drug-likeness (QED) is 0.0154. The third-order valence-electron chi connectivity index (χ3n) is 14.4. The van der Waals surface area contributed by atoms with Crippen molar-refractivity contribution in [1.82, 2.24) is 47.1 Å². The molecule has 86 heavy (non-hydrogen) atoms. The van der Waals surface area contributed by atoms with Gasteiger partial charge in [-0.1, -0.05) is 98.2 Å². The number of halogens is 1. The number of carbonyl (C=O) groups excluding carboxylic acids is 9. The van der Waals surface area contributed by atoms with E-state index >= 15 is 0 Å². The Kier molecular flexibility index (Phi) is 24.8. The van der Waals surface area contributed by atoms with Crippen LogP contribution in [0.25, 0.3) is 10.9 Å². The van der Waals surface area contributed by atoms with Gasteiger partial charge in [0.15, 0.2) is 5.96 Å². The number of fused-ring (bicyclic) bond motifs is 1. The van der Waals surface area contributed by atoms with Crippen molar-refractivity contribution < 1.29 is 53.4 Å². The van der Waals surface area contributed by atoms with Gasteiger partial charge >= 0.3 is 0 Å². The summed E-state index contributed by atoms with van der Waals surface area (Å²) in [6.45, 7) is 2.46. The molecule has 5 aromatic rings. The van der Waals surface area contributed by atoms with Gasteiger partial charge in [0.1, 0.15) is 48.0 Å². The maximum absolute atomic E-state index is 14.8. The van der Waals surface area contributed by atoms with Crippen LogP contribution in [0.3, 0.4) is 0 Å². The first-order valence-electron chi connectivity index (χ1n) is 28.3. The smallest absolute Gasteiger partial charge is 0.245 e. The van der Waals surface area contributed by atoms with Crippen molar-refractivity contribution in [2.75, 3.05) is 26.2 Å². The molecule has 25 nitrogen and oxygen atoms in total. The van der Waals surface area contributed by atoms with Crippen molar-refractivity contribution >= 4 is 81.6 Å². The Balaban J connectivity index is 1.24. The van der Waals surface area contributed by atoms with Gasteiger partial charge in [-0.3, -0.25) is 48.1 Å². The standard InChI is InChI=1S/C60H77ClN14O11/c1-34(2)26-45(53(80)69-44(14-8-24-66-60(64)65)59(86)75-25-9-15-50(75)58(85)68-32-51(63)78)71-54(81)46(28-35-10-4-3-5-11-35)72-55(82)47(29-37-18-22-40(77)23-19-37)73-57(84)49(33-76)74-56(83)48(30-38-31-67-43-13-7-6-12-41(38)43)70-52(79)42(62)27-36-16-20-39(61)21-17-36/h3-7,10-13,16-23,31,34,42,44-50,67,76-77H,8-9,14-15,24-30,32-33,62H2,1-2H3,(H2,63,78)(H,68,85)(H,69,80)(H,70,79)(H,71,81)(H,72,82)(H,73,84)(H,74,83)(H4,64,65,66)/t42-,44-,45-,46+,47-,48+,49-,50-/m0/s1. The molecule has 1 fully saturated rings. The Morgan fingerprint density at radius 2 is 1.17 bits per heavy atom. The molecule has 0 unspecified atom stereocenters. The molecule has 1 saturated heterocycles. The Hall–Kier alpha value is -9.07. The van der Waals surface area contributed by atoms with Crippen LogP contribution < -0.4 is 60.2 Å². The number of likely N-dealkylation sites (tertiary alicyclic amines) is 1. The van der Waals surface area contributed by atoms with E-state index in [9.17, 15) is 53.4 Å². The number of phenols is 1. The van der Waals surface area contributed by atoms with E-state index in [0.717, 1.165) is 10.9 Å². The summed E-state index contributed by atoms with van der Waals surface area (Å²) in [7, 11) is 0. The van der Waals surface area contributed by atoms with Crippen molar-refractivity contribution in [1.29, 1.82) is 0 Å². The van der Waals surface area contributed by atoms with Gasteiger partial charge in [-0.05, 0) is 97.0 Å². The first-order valence-corrected chi connectivity index (χ1v) is 28.7. The summed E-state index contributed by atoms with van der Waals surface area (Å²) in [6, 6.07) is 17.8. The van der Waals surface area contributed by atoms with Gasteiger partial charge in [-0.2, -0.15) is 0 Å². The number of aliphatic hydroxyl groups excluding tert-OH is 1. The molecule has 0 aliphatic carbocycles. The molecule has 0 bridgehead atoms. The van der Waals surface area contributed by atoms with Crippen LogP contribution in [-0.4, -0.2) is 154 Å². The minimum Gasteiger partial charge on any atom is -0.508 e. The normalized spacial score (nSPS) is 15.4. The van der Waals surface area contributed by atoms with Crippen molar-refractivity contribution in [3.8, 4) is 5.75 Å². The fourth-order valence-corrected chi connectivity index (χ4v) is 10.1. The second-order valence-corrected chi connectivity index (χ2v) is 22.0. The fourth-order valence-electron chi connectivity index (χ4n) is 9.93. The van der Waals surface area contributed by atoms with Crippen LogP contribution in [0.5, 0.6) is 5.75 Å². The lowest BCUT2D eigenvalue weighted by Crippen LogP contribution is -2.61. The number of para-hydroxylation sites is 1. The average Bonchev–Trinajstić information content (AvgIpc) is 2.99. The summed E-state index contributed by atoms with van der Waals surface area (Å²) in [5.74, 6) is -7.54. The van der Waals surface area contributed by atoms with E-state index in [2.05, 4.69) is 47.2 Å². The number of rotatable bonds is 31. The number of carbonyl (C=O) groups is 9. The zero-order valence-electron chi connectivity index (χ0n) is 47.9. The van der Waals surface area contributed by atoms with Gasteiger partial charge in [-0.15, -0.1) is 0 Å². The molecule has 18 N–H and O–H groups in total. The van der Waals surface area contributed by atoms with Crippen molar-refractivity contribution in [3.05, 3.63) is 137 Å². The molecular formula is C60H77ClN14O11. The first kappa shape index (κ1) is 66.1. The number of primary amides is 1. The number of hydrogen-bond acceptors (Lipinski definition) is 13. The lowest BCUT2D eigenvalue weighted by atomic mass is 9.99. The number of aliphatic imine (C=N–C) groups is 1. The van der Waals surface area contributed by atoms with Crippen molar-refractivity contribution in [3.63, 3.8) is 0 Å². The summed E-state index contributed by atoms with van der Waals surface area (Å²) in [5.41, 5.74) is 25.8. The summed E-state index contributed by atoms with van der Waals surface area (Å²) < 4.78 is 0. The van der Waals surface area contributed by atoms with Gasteiger partial charge in [-0.25, -0.2) is 0 Å². The zero-order valence-corrected chi connectivity index (χ0v) is 48.7. The van der Waals surface area contributed by atoms with Crippen LogP contribution in [-0.2, 0) is 68.8 Å². The van der Waals surface area contributed by atoms with Crippen LogP contribution in [0, 0.1) is 5.92 Å².